The van der Waals surface area contributed by atoms with Gasteiger partial charge in [-0.2, -0.15) is 0 Å². The van der Waals surface area contributed by atoms with Gasteiger partial charge in [0.05, 0.1) is 7.11 Å². The molecule has 0 aliphatic carbocycles. The summed E-state index contributed by atoms with van der Waals surface area (Å²) in [4.78, 5) is 37.0. The van der Waals surface area contributed by atoms with Crippen LogP contribution in [0.5, 0.6) is 0 Å². The van der Waals surface area contributed by atoms with Gasteiger partial charge < -0.3 is 20.1 Å². The summed E-state index contributed by atoms with van der Waals surface area (Å²) in [7, 11) is 1.28. The number of rotatable bonds is 10. The fourth-order valence-corrected chi connectivity index (χ4v) is 2.68. The van der Waals surface area contributed by atoms with Gasteiger partial charge in [0.2, 0.25) is 5.91 Å². The first kappa shape index (κ1) is 23.5. The van der Waals surface area contributed by atoms with Crippen molar-refractivity contribution in [2.24, 2.45) is 11.8 Å². The molecule has 0 aliphatic heterocycles. The molecule has 0 aliphatic rings. The third kappa shape index (κ3) is 7.98. The molecule has 0 heterocycles. The van der Waals surface area contributed by atoms with Crippen molar-refractivity contribution in [1.29, 1.82) is 0 Å². The first-order chi connectivity index (χ1) is 13.3. The van der Waals surface area contributed by atoms with Crippen LogP contribution in [0.2, 0.25) is 0 Å². The number of nitrogens with one attached hydrogen (secondary N) is 2. The van der Waals surface area contributed by atoms with Crippen molar-refractivity contribution in [1.82, 2.24) is 10.6 Å². The SMILES string of the molecule is CC[C@@H](C)[C@H](NC(=O)OCc1ccccc1)C(=O)N[C@@H](CC(C)C)C(=O)OC. The Labute approximate surface area is 167 Å². The normalized spacial score (nSPS) is 13.9. The van der Waals surface area contributed by atoms with Gasteiger partial charge in [0.1, 0.15) is 18.7 Å². The molecule has 7 nitrogen and oxygen atoms in total. The topological polar surface area (TPSA) is 93.7 Å². The minimum Gasteiger partial charge on any atom is -0.467 e. The number of amides is 2. The van der Waals surface area contributed by atoms with Crippen LogP contribution in [-0.4, -0.2) is 37.2 Å². The van der Waals surface area contributed by atoms with Crippen molar-refractivity contribution in [3.63, 3.8) is 0 Å². The second-order valence-electron chi connectivity index (χ2n) is 7.28. The Balaban J connectivity index is 2.75. The molecule has 1 aromatic rings. The lowest BCUT2D eigenvalue weighted by Gasteiger charge is -2.26. The summed E-state index contributed by atoms with van der Waals surface area (Å²) < 4.78 is 10.0. The fraction of sp³-hybridized carbons (Fsp3) is 0.571. The molecule has 0 fully saturated rings. The van der Waals surface area contributed by atoms with Gasteiger partial charge in [-0.1, -0.05) is 64.4 Å². The Morgan fingerprint density at radius 2 is 1.68 bits per heavy atom. The average molecular weight is 392 g/mol. The Bertz CT molecular complexity index is 633. The van der Waals surface area contributed by atoms with Crippen molar-refractivity contribution in [2.45, 2.75) is 59.2 Å². The van der Waals surface area contributed by atoms with E-state index in [-0.39, 0.29) is 18.4 Å². The van der Waals surface area contributed by atoms with Gasteiger partial charge in [-0.05, 0) is 23.8 Å². The van der Waals surface area contributed by atoms with Gasteiger partial charge in [-0.15, -0.1) is 0 Å². The molecule has 3 atom stereocenters. The highest BCUT2D eigenvalue weighted by atomic mass is 16.5. The molecule has 2 amide bonds. The highest BCUT2D eigenvalue weighted by molar-refractivity contribution is 5.89. The van der Waals surface area contributed by atoms with E-state index in [1.807, 2.05) is 58.0 Å². The van der Waals surface area contributed by atoms with Crippen LogP contribution in [0.3, 0.4) is 0 Å². The van der Waals surface area contributed by atoms with Crippen molar-refractivity contribution in [3.8, 4) is 0 Å². The number of hydrogen-bond donors (Lipinski definition) is 2. The van der Waals surface area contributed by atoms with E-state index >= 15 is 0 Å². The fourth-order valence-electron chi connectivity index (χ4n) is 2.68. The third-order valence-corrected chi connectivity index (χ3v) is 4.49. The first-order valence-corrected chi connectivity index (χ1v) is 9.63. The van der Waals surface area contributed by atoms with Crippen LogP contribution < -0.4 is 10.6 Å². The van der Waals surface area contributed by atoms with Crippen LogP contribution in [0.4, 0.5) is 4.79 Å². The van der Waals surface area contributed by atoms with E-state index in [9.17, 15) is 14.4 Å². The minimum atomic E-state index is -0.812. The van der Waals surface area contributed by atoms with Crippen LogP contribution in [0.25, 0.3) is 0 Å². The number of hydrogen-bond acceptors (Lipinski definition) is 5. The number of carbonyl (C=O) groups is 3. The van der Waals surface area contributed by atoms with E-state index in [1.54, 1.807) is 0 Å². The first-order valence-electron chi connectivity index (χ1n) is 9.63. The summed E-state index contributed by atoms with van der Waals surface area (Å²) in [6.45, 7) is 7.80. The summed E-state index contributed by atoms with van der Waals surface area (Å²) >= 11 is 0. The Hall–Kier alpha value is -2.57. The zero-order chi connectivity index (χ0) is 21.1. The van der Waals surface area contributed by atoms with Gasteiger partial charge in [0.25, 0.3) is 0 Å². The number of methoxy groups -OCH3 is 1. The lowest BCUT2D eigenvalue weighted by atomic mass is 9.97. The average Bonchev–Trinajstić information content (AvgIpc) is 2.69. The molecular weight excluding hydrogens is 360 g/mol. The van der Waals surface area contributed by atoms with Crippen LogP contribution >= 0.6 is 0 Å². The van der Waals surface area contributed by atoms with Crippen molar-refractivity contribution < 1.29 is 23.9 Å². The quantitative estimate of drug-likeness (QED) is 0.597. The van der Waals surface area contributed by atoms with E-state index in [0.29, 0.717) is 12.8 Å². The van der Waals surface area contributed by atoms with Gasteiger partial charge >= 0.3 is 12.1 Å². The van der Waals surface area contributed by atoms with Gasteiger partial charge in [0, 0.05) is 0 Å². The Kier molecular flexibility index (Phi) is 10.1. The third-order valence-electron chi connectivity index (χ3n) is 4.49. The number of esters is 1. The van der Waals surface area contributed by atoms with E-state index < -0.39 is 30.1 Å². The van der Waals surface area contributed by atoms with E-state index in [2.05, 4.69) is 10.6 Å². The minimum absolute atomic E-state index is 0.111. The van der Waals surface area contributed by atoms with Crippen LogP contribution in [-0.2, 0) is 25.7 Å². The molecule has 0 radical (unpaired) electrons. The largest absolute Gasteiger partial charge is 0.467 e. The molecule has 2 N–H and O–H groups in total. The maximum atomic E-state index is 12.8. The predicted octanol–water partition coefficient (Wildman–Crippen LogP) is 3.03. The predicted molar refractivity (Wildman–Crippen MR) is 106 cm³/mol. The smallest absolute Gasteiger partial charge is 0.408 e. The van der Waals surface area contributed by atoms with Gasteiger partial charge in [-0.3, -0.25) is 4.79 Å². The van der Waals surface area contributed by atoms with Crippen molar-refractivity contribution in [3.05, 3.63) is 35.9 Å². The zero-order valence-corrected chi connectivity index (χ0v) is 17.4. The maximum Gasteiger partial charge on any atom is 0.408 e. The van der Waals surface area contributed by atoms with Crippen molar-refractivity contribution in [2.75, 3.05) is 7.11 Å². The molecule has 0 spiro atoms. The summed E-state index contributed by atoms with van der Waals surface area (Å²) in [6.07, 6.45) is 0.441. The van der Waals surface area contributed by atoms with Crippen LogP contribution in [0, 0.1) is 11.8 Å². The number of benzene rings is 1. The van der Waals surface area contributed by atoms with Crippen molar-refractivity contribution >= 4 is 18.0 Å². The van der Waals surface area contributed by atoms with Gasteiger partial charge in [-0.25, -0.2) is 9.59 Å². The number of ether oxygens (including phenoxy) is 2. The molecule has 156 valence electrons. The second kappa shape index (κ2) is 12.0. The lowest BCUT2D eigenvalue weighted by molar-refractivity contribution is -0.146. The summed E-state index contributed by atoms with van der Waals surface area (Å²) in [5.41, 5.74) is 0.852. The second-order valence-corrected chi connectivity index (χ2v) is 7.28. The number of carbonyl (C=O) groups excluding carboxylic acids is 3. The molecule has 0 bridgehead atoms. The zero-order valence-electron chi connectivity index (χ0n) is 17.4. The van der Waals surface area contributed by atoms with Gasteiger partial charge in [0.15, 0.2) is 0 Å². The highest BCUT2D eigenvalue weighted by Crippen LogP contribution is 2.12. The molecule has 0 unspecified atom stereocenters. The van der Waals surface area contributed by atoms with E-state index in [4.69, 9.17) is 9.47 Å². The molecule has 28 heavy (non-hydrogen) atoms. The number of alkyl carbamates (subject to hydrolysis) is 1. The molecule has 1 rings (SSSR count). The van der Waals surface area contributed by atoms with Crippen LogP contribution in [0.1, 0.15) is 46.1 Å². The molecular formula is C21H32N2O5. The standard InChI is InChI=1S/C21H32N2O5/c1-6-15(4)18(19(24)22-17(12-14(2)3)20(25)27-5)23-21(26)28-13-16-10-8-7-9-11-16/h7-11,14-15,17-18H,6,12-13H2,1-5H3,(H,22,24)(H,23,26)/t15-,17+,18+/m1/s1. The molecule has 0 saturated heterocycles. The maximum absolute atomic E-state index is 12.8. The highest BCUT2D eigenvalue weighted by Gasteiger charge is 2.31. The molecule has 0 saturated carbocycles. The lowest BCUT2D eigenvalue weighted by Crippen LogP contribution is -2.54. The Morgan fingerprint density at radius 1 is 1.04 bits per heavy atom. The molecule has 7 heteroatoms. The molecule has 1 aromatic carbocycles. The van der Waals surface area contributed by atoms with Crippen LogP contribution in [0.15, 0.2) is 30.3 Å². The van der Waals surface area contributed by atoms with E-state index in [0.717, 1.165) is 5.56 Å². The Morgan fingerprint density at radius 3 is 2.21 bits per heavy atom. The summed E-state index contributed by atoms with van der Waals surface area (Å²) in [5.74, 6) is -0.879. The molecule has 0 aromatic heterocycles. The monoisotopic (exact) mass is 392 g/mol. The summed E-state index contributed by atoms with van der Waals surface area (Å²) in [6, 6.07) is 7.71. The summed E-state index contributed by atoms with van der Waals surface area (Å²) in [5, 5.41) is 5.34. The van der Waals surface area contributed by atoms with E-state index in [1.165, 1.54) is 7.11 Å².